The SMILES string of the molecule is CC(Cc1nccn1C)O/C(=C\C#N)c1ccccc1. The van der Waals surface area contributed by atoms with Gasteiger partial charge in [0.15, 0.2) is 0 Å². The summed E-state index contributed by atoms with van der Waals surface area (Å²) < 4.78 is 7.86. The third kappa shape index (κ3) is 3.48. The molecule has 2 rings (SSSR count). The summed E-state index contributed by atoms with van der Waals surface area (Å²) in [4.78, 5) is 4.28. The molecule has 0 aliphatic carbocycles. The summed E-state index contributed by atoms with van der Waals surface area (Å²) in [6.07, 6.45) is 5.75. The van der Waals surface area contributed by atoms with Crippen molar-refractivity contribution < 1.29 is 4.74 Å². The van der Waals surface area contributed by atoms with E-state index >= 15 is 0 Å². The van der Waals surface area contributed by atoms with Crippen molar-refractivity contribution in [3.63, 3.8) is 0 Å². The smallest absolute Gasteiger partial charge is 0.137 e. The first-order chi connectivity index (χ1) is 9.70. The van der Waals surface area contributed by atoms with Crippen LogP contribution in [0.25, 0.3) is 5.76 Å². The zero-order chi connectivity index (χ0) is 14.4. The molecule has 0 bridgehead atoms. The van der Waals surface area contributed by atoms with Gasteiger partial charge in [-0.15, -0.1) is 0 Å². The van der Waals surface area contributed by atoms with Gasteiger partial charge in [-0.1, -0.05) is 30.3 Å². The Morgan fingerprint density at radius 3 is 2.80 bits per heavy atom. The van der Waals surface area contributed by atoms with Gasteiger partial charge in [-0.3, -0.25) is 0 Å². The Balaban J connectivity index is 2.08. The van der Waals surface area contributed by atoms with Gasteiger partial charge in [0, 0.05) is 31.4 Å². The van der Waals surface area contributed by atoms with Gasteiger partial charge in [0.25, 0.3) is 0 Å². The van der Waals surface area contributed by atoms with Crippen molar-refractivity contribution >= 4 is 5.76 Å². The highest BCUT2D eigenvalue weighted by atomic mass is 16.5. The van der Waals surface area contributed by atoms with E-state index in [-0.39, 0.29) is 6.10 Å². The number of allylic oxidation sites excluding steroid dienone is 1. The van der Waals surface area contributed by atoms with Gasteiger partial charge in [-0.05, 0) is 6.92 Å². The fraction of sp³-hybridized carbons (Fsp3) is 0.250. The van der Waals surface area contributed by atoms with E-state index in [9.17, 15) is 0 Å². The molecule has 1 aromatic carbocycles. The summed E-state index contributed by atoms with van der Waals surface area (Å²) in [6, 6.07) is 11.7. The molecule has 1 unspecified atom stereocenters. The molecule has 0 aliphatic heterocycles. The Morgan fingerprint density at radius 2 is 2.20 bits per heavy atom. The van der Waals surface area contributed by atoms with Crippen LogP contribution in [0.2, 0.25) is 0 Å². The molecule has 4 heteroatoms. The third-order valence-corrected chi connectivity index (χ3v) is 2.97. The summed E-state index contributed by atoms with van der Waals surface area (Å²) in [5.41, 5.74) is 0.903. The Labute approximate surface area is 118 Å². The lowest BCUT2D eigenvalue weighted by atomic mass is 10.1. The molecule has 0 radical (unpaired) electrons. The number of nitrogens with zero attached hydrogens (tertiary/aromatic N) is 3. The number of rotatable bonds is 5. The predicted octanol–water partition coefficient (Wildman–Crippen LogP) is 2.93. The van der Waals surface area contributed by atoms with Crippen LogP contribution in [0.5, 0.6) is 0 Å². The van der Waals surface area contributed by atoms with Crippen LogP contribution < -0.4 is 0 Å². The molecule has 0 N–H and O–H groups in total. The van der Waals surface area contributed by atoms with Gasteiger partial charge >= 0.3 is 0 Å². The summed E-state index contributed by atoms with van der Waals surface area (Å²) in [7, 11) is 1.96. The summed E-state index contributed by atoms with van der Waals surface area (Å²) in [5.74, 6) is 1.55. The lowest BCUT2D eigenvalue weighted by Gasteiger charge is -2.17. The number of nitriles is 1. The van der Waals surface area contributed by atoms with Gasteiger partial charge < -0.3 is 9.30 Å². The van der Waals surface area contributed by atoms with E-state index in [0.29, 0.717) is 12.2 Å². The normalized spacial score (nSPS) is 12.8. The van der Waals surface area contributed by atoms with Gasteiger partial charge in [0.2, 0.25) is 0 Å². The minimum absolute atomic E-state index is 0.0593. The Morgan fingerprint density at radius 1 is 1.45 bits per heavy atom. The molecule has 0 aliphatic rings. The topological polar surface area (TPSA) is 50.8 Å². The molecule has 0 saturated carbocycles. The second-order valence-electron chi connectivity index (χ2n) is 4.59. The number of imidazole rings is 1. The van der Waals surface area contributed by atoms with Crippen LogP contribution in [0, 0.1) is 11.3 Å². The van der Waals surface area contributed by atoms with Crippen LogP contribution in [0.3, 0.4) is 0 Å². The fourth-order valence-corrected chi connectivity index (χ4v) is 1.96. The molecular weight excluding hydrogens is 250 g/mol. The minimum Gasteiger partial charge on any atom is -0.489 e. The fourth-order valence-electron chi connectivity index (χ4n) is 1.96. The Bertz CT molecular complexity index is 623. The number of aromatic nitrogens is 2. The van der Waals surface area contributed by atoms with Crippen molar-refractivity contribution in [3.05, 3.63) is 60.2 Å². The summed E-state index contributed by atoms with van der Waals surface area (Å²) in [5, 5.41) is 8.89. The third-order valence-electron chi connectivity index (χ3n) is 2.97. The van der Waals surface area contributed by atoms with E-state index in [2.05, 4.69) is 4.98 Å². The number of ether oxygens (including phenoxy) is 1. The second-order valence-corrected chi connectivity index (χ2v) is 4.59. The van der Waals surface area contributed by atoms with Crippen molar-refractivity contribution in [1.29, 1.82) is 5.26 Å². The van der Waals surface area contributed by atoms with Crippen LogP contribution in [0.4, 0.5) is 0 Å². The summed E-state index contributed by atoms with van der Waals surface area (Å²) >= 11 is 0. The van der Waals surface area contributed by atoms with Crippen LogP contribution in [-0.2, 0) is 18.2 Å². The molecule has 20 heavy (non-hydrogen) atoms. The minimum atomic E-state index is -0.0593. The zero-order valence-electron chi connectivity index (χ0n) is 11.7. The maximum Gasteiger partial charge on any atom is 0.137 e. The highest BCUT2D eigenvalue weighted by Crippen LogP contribution is 2.18. The molecule has 0 amide bonds. The van der Waals surface area contributed by atoms with Crippen LogP contribution in [-0.4, -0.2) is 15.7 Å². The van der Waals surface area contributed by atoms with Gasteiger partial charge in [0.05, 0.1) is 12.1 Å². The van der Waals surface area contributed by atoms with Gasteiger partial charge in [-0.2, -0.15) is 5.26 Å². The van der Waals surface area contributed by atoms with Crippen molar-refractivity contribution in [3.8, 4) is 6.07 Å². The number of aryl methyl sites for hydroxylation is 1. The number of benzene rings is 1. The predicted molar refractivity (Wildman–Crippen MR) is 77.5 cm³/mol. The average molecular weight is 267 g/mol. The van der Waals surface area contributed by atoms with E-state index in [4.69, 9.17) is 10.00 Å². The quantitative estimate of drug-likeness (QED) is 0.618. The van der Waals surface area contributed by atoms with Crippen LogP contribution >= 0.6 is 0 Å². The van der Waals surface area contributed by atoms with Gasteiger partial charge in [0.1, 0.15) is 17.7 Å². The molecule has 1 atom stereocenters. The molecule has 4 nitrogen and oxygen atoms in total. The van der Waals surface area contributed by atoms with Crippen molar-refractivity contribution in [1.82, 2.24) is 9.55 Å². The van der Waals surface area contributed by atoms with Crippen LogP contribution in [0.15, 0.2) is 48.8 Å². The standard InChI is InChI=1S/C16H17N3O/c1-13(12-16-18-10-11-19(16)2)20-15(8-9-17)14-6-4-3-5-7-14/h3-8,10-11,13H,12H2,1-2H3/b15-8-. The van der Waals surface area contributed by atoms with E-state index < -0.39 is 0 Å². The monoisotopic (exact) mass is 267 g/mol. The van der Waals surface area contributed by atoms with Crippen molar-refractivity contribution in [2.75, 3.05) is 0 Å². The summed E-state index contributed by atoms with van der Waals surface area (Å²) in [6.45, 7) is 1.98. The van der Waals surface area contributed by atoms with Gasteiger partial charge in [-0.25, -0.2) is 4.98 Å². The second kappa shape index (κ2) is 6.58. The number of hydrogen-bond donors (Lipinski definition) is 0. The first-order valence-corrected chi connectivity index (χ1v) is 6.48. The molecule has 0 fully saturated rings. The first kappa shape index (κ1) is 13.9. The van der Waals surface area contributed by atoms with Crippen molar-refractivity contribution in [2.24, 2.45) is 7.05 Å². The molecule has 0 saturated heterocycles. The van der Waals surface area contributed by atoms with Crippen LogP contribution in [0.1, 0.15) is 18.3 Å². The van der Waals surface area contributed by atoms with E-state index in [1.807, 2.05) is 61.1 Å². The molecule has 1 heterocycles. The molecular formula is C16H17N3O. The molecule has 2 aromatic rings. The van der Waals surface area contributed by atoms with E-state index in [1.54, 1.807) is 6.20 Å². The average Bonchev–Trinajstić information content (AvgIpc) is 2.85. The number of hydrogen-bond acceptors (Lipinski definition) is 3. The Kier molecular flexibility index (Phi) is 4.56. The first-order valence-electron chi connectivity index (χ1n) is 6.48. The zero-order valence-corrected chi connectivity index (χ0v) is 11.7. The maximum absolute atomic E-state index is 8.89. The van der Waals surface area contributed by atoms with E-state index in [1.165, 1.54) is 6.08 Å². The maximum atomic E-state index is 8.89. The highest BCUT2D eigenvalue weighted by Gasteiger charge is 2.11. The molecule has 0 spiro atoms. The largest absolute Gasteiger partial charge is 0.489 e. The molecule has 102 valence electrons. The lowest BCUT2D eigenvalue weighted by molar-refractivity contribution is 0.182. The lowest BCUT2D eigenvalue weighted by Crippen LogP contribution is -2.14. The van der Waals surface area contributed by atoms with E-state index in [0.717, 1.165) is 11.4 Å². The highest BCUT2D eigenvalue weighted by molar-refractivity contribution is 5.61. The van der Waals surface area contributed by atoms with Crippen molar-refractivity contribution in [2.45, 2.75) is 19.4 Å². The Hall–Kier alpha value is -2.54. The molecule has 1 aromatic heterocycles.